The highest BCUT2D eigenvalue weighted by Gasteiger charge is 2.32. The molecule has 0 aliphatic carbocycles. The Kier molecular flexibility index (Phi) is 5.75. The van der Waals surface area contributed by atoms with E-state index in [4.69, 9.17) is 16.3 Å². The first-order valence-electron chi connectivity index (χ1n) is 7.83. The summed E-state index contributed by atoms with van der Waals surface area (Å²) in [7, 11) is -3.28. The minimum Gasteiger partial charge on any atom is -0.444 e. The minimum atomic E-state index is -3.28. The largest absolute Gasteiger partial charge is 0.444 e. The van der Waals surface area contributed by atoms with E-state index in [0.29, 0.717) is 30.2 Å². The highest BCUT2D eigenvalue weighted by atomic mass is 35.5. The Bertz CT molecular complexity index is 683. The number of nitrogens with zero attached hydrogens (tertiary/aromatic N) is 2. The molecule has 1 aromatic heterocycles. The molecule has 0 bridgehead atoms. The number of halogens is 1. The van der Waals surface area contributed by atoms with Gasteiger partial charge in [-0.05, 0) is 44.7 Å². The first kappa shape index (κ1) is 19.0. The standard InChI is InChI=1S/C16H23ClN2O4S/c1-16(2,3)23-15(20)19-7-6-13(9-19)11-24(21,22)10-12-4-5-14(17)18-8-12/h4-5,8,13H,6-7,9-11H2,1-3H3. The summed E-state index contributed by atoms with van der Waals surface area (Å²) in [6.45, 7) is 6.36. The van der Waals surface area contributed by atoms with Crippen molar-refractivity contribution in [1.82, 2.24) is 9.88 Å². The highest BCUT2D eigenvalue weighted by molar-refractivity contribution is 7.90. The zero-order valence-electron chi connectivity index (χ0n) is 14.2. The van der Waals surface area contributed by atoms with Crippen LogP contribution in [-0.2, 0) is 20.3 Å². The molecule has 0 aromatic carbocycles. The van der Waals surface area contributed by atoms with Crippen molar-refractivity contribution in [1.29, 1.82) is 0 Å². The molecule has 2 rings (SSSR count). The Hall–Kier alpha value is -1.34. The maximum atomic E-state index is 12.4. The predicted molar refractivity (Wildman–Crippen MR) is 92.7 cm³/mol. The molecule has 1 aromatic rings. The zero-order chi connectivity index (χ0) is 18.0. The van der Waals surface area contributed by atoms with Crippen molar-refractivity contribution in [2.45, 2.75) is 38.5 Å². The van der Waals surface area contributed by atoms with Crippen molar-refractivity contribution in [3.8, 4) is 0 Å². The normalized spacial score (nSPS) is 18.7. The molecule has 1 unspecified atom stereocenters. The molecule has 0 saturated carbocycles. The number of hydrogen-bond donors (Lipinski definition) is 0. The predicted octanol–water partition coefficient (Wildman–Crippen LogP) is 2.91. The lowest BCUT2D eigenvalue weighted by molar-refractivity contribution is 0.0289. The summed E-state index contributed by atoms with van der Waals surface area (Å²) >= 11 is 5.70. The monoisotopic (exact) mass is 374 g/mol. The van der Waals surface area contributed by atoms with E-state index in [2.05, 4.69) is 4.98 Å². The molecule has 134 valence electrons. The molecule has 1 aliphatic heterocycles. The van der Waals surface area contributed by atoms with E-state index in [-0.39, 0.29) is 23.5 Å². The van der Waals surface area contributed by atoms with Crippen molar-refractivity contribution in [2.75, 3.05) is 18.8 Å². The van der Waals surface area contributed by atoms with Crippen LogP contribution in [0.3, 0.4) is 0 Å². The number of aromatic nitrogens is 1. The van der Waals surface area contributed by atoms with Gasteiger partial charge in [0.15, 0.2) is 9.84 Å². The number of rotatable bonds is 4. The average Bonchev–Trinajstić information content (AvgIpc) is 2.87. The molecular formula is C16H23ClN2O4S. The number of likely N-dealkylation sites (tertiary alicyclic amines) is 1. The van der Waals surface area contributed by atoms with Crippen molar-refractivity contribution >= 4 is 27.5 Å². The van der Waals surface area contributed by atoms with Crippen LogP contribution in [0.15, 0.2) is 18.3 Å². The number of amides is 1. The molecule has 1 saturated heterocycles. The fourth-order valence-electron chi connectivity index (χ4n) is 2.62. The second kappa shape index (κ2) is 7.27. The van der Waals surface area contributed by atoms with Crippen molar-refractivity contribution in [3.05, 3.63) is 29.0 Å². The van der Waals surface area contributed by atoms with Gasteiger partial charge in [0.05, 0.1) is 11.5 Å². The molecule has 24 heavy (non-hydrogen) atoms. The molecule has 1 aliphatic rings. The van der Waals surface area contributed by atoms with Gasteiger partial charge < -0.3 is 9.64 Å². The SMILES string of the molecule is CC(C)(C)OC(=O)N1CCC(CS(=O)(=O)Cc2ccc(Cl)nc2)C1. The third-order valence-corrected chi connectivity index (χ3v) is 5.58. The Morgan fingerprint density at radius 2 is 2.12 bits per heavy atom. The molecule has 0 spiro atoms. The van der Waals surface area contributed by atoms with Crippen molar-refractivity contribution in [3.63, 3.8) is 0 Å². The van der Waals surface area contributed by atoms with E-state index in [1.807, 2.05) is 20.8 Å². The number of carbonyl (C=O) groups is 1. The van der Waals surface area contributed by atoms with Gasteiger partial charge in [-0.2, -0.15) is 0 Å². The molecular weight excluding hydrogens is 352 g/mol. The van der Waals surface area contributed by atoms with Crippen LogP contribution in [0.25, 0.3) is 0 Å². The fraction of sp³-hybridized carbons (Fsp3) is 0.625. The Morgan fingerprint density at radius 1 is 1.42 bits per heavy atom. The minimum absolute atomic E-state index is 0.0505. The third-order valence-electron chi connectivity index (χ3n) is 3.60. The summed E-state index contributed by atoms with van der Waals surface area (Å²) in [5.74, 6) is -0.0857. The molecule has 1 atom stereocenters. The van der Waals surface area contributed by atoms with Crippen LogP contribution < -0.4 is 0 Å². The van der Waals surface area contributed by atoms with Crippen molar-refractivity contribution in [2.24, 2.45) is 5.92 Å². The lowest BCUT2D eigenvalue weighted by Crippen LogP contribution is -2.35. The van der Waals surface area contributed by atoms with E-state index in [0.717, 1.165) is 0 Å². The molecule has 2 heterocycles. The van der Waals surface area contributed by atoms with Crippen LogP contribution in [0.2, 0.25) is 5.15 Å². The highest BCUT2D eigenvalue weighted by Crippen LogP contribution is 2.22. The summed E-state index contributed by atoms with van der Waals surface area (Å²) in [6, 6.07) is 3.24. The summed E-state index contributed by atoms with van der Waals surface area (Å²) in [5, 5.41) is 0.333. The van der Waals surface area contributed by atoms with Crippen LogP contribution in [0.1, 0.15) is 32.8 Å². The van der Waals surface area contributed by atoms with E-state index >= 15 is 0 Å². The summed E-state index contributed by atoms with van der Waals surface area (Å²) in [6.07, 6.45) is 1.75. The maximum Gasteiger partial charge on any atom is 0.410 e. The van der Waals surface area contributed by atoms with Crippen molar-refractivity contribution < 1.29 is 17.9 Å². The number of carbonyl (C=O) groups excluding carboxylic acids is 1. The summed E-state index contributed by atoms with van der Waals surface area (Å²) in [4.78, 5) is 17.5. The van der Waals surface area contributed by atoms with E-state index < -0.39 is 15.4 Å². The summed E-state index contributed by atoms with van der Waals surface area (Å²) in [5.41, 5.74) is 0.0597. The van der Waals surface area contributed by atoms with E-state index in [9.17, 15) is 13.2 Å². The van der Waals surface area contributed by atoms with Gasteiger partial charge in [0.1, 0.15) is 10.8 Å². The fourth-order valence-corrected chi connectivity index (χ4v) is 4.52. The molecule has 6 nitrogen and oxygen atoms in total. The molecule has 8 heteroatoms. The molecule has 1 fully saturated rings. The second-order valence-corrected chi connectivity index (χ2v) is 9.62. The first-order valence-corrected chi connectivity index (χ1v) is 10.0. The lowest BCUT2D eigenvalue weighted by Gasteiger charge is -2.24. The third kappa shape index (κ3) is 5.94. The number of pyridine rings is 1. The van der Waals surface area contributed by atoms with Crippen LogP contribution in [0.4, 0.5) is 4.79 Å². The van der Waals surface area contributed by atoms with E-state index in [1.54, 1.807) is 17.0 Å². The molecule has 0 N–H and O–H groups in total. The quantitative estimate of drug-likeness (QED) is 0.757. The van der Waals surface area contributed by atoms with Gasteiger partial charge >= 0.3 is 6.09 Å². The van der Waals surface area contributed by atoms with Gasteiger partial charge in [-0.25, -0.2) is 18.2 Å². The van der Waals surface area contributed by atoms with Gasteiger partial charge in [0.2, 0.25) is 0 Å². The Balaban J connectivity index is 1.89. The molecule has 1 amide bonds. The molecule has 0 radical (unpaired) electrons. The van der Waals surface area contributed by atoms with Crippen LogP contribution in [0, 0.1) is 5.92 Å². The lowest BCUT2D eigenvalue weighted by atomic mass is 10.2. The average molecular weight is 375 g/mol. The van der Waals surface area contributed by atoms with Gasteiger partial charge in [-0.1, -0.05) is 17.7 Å². The number of sulfone groups is 1. The van der Waals surface area contributed by atoms with Gasteiger partial charge in [-0.3, -0.25) is 0 Å². The number of ether oxygens (including phenoxy) is 1. The van der Waals surface area contributed by atoms with Gasteiger partial charge in [-0.15, -0.1) is 0 Å². The van der Waals surface area contributed by atoms with Gasteiger partial charge in [0, 0.05) is 19.3 Å². The zero-order valence-corrected chi connectivity index (χ0v) is 15.7. The first-order chi connectivity index (χ1) is 11.0. The van der Waals surface area contributed by atoms with E-state index in [1.165, 1.54) is 6.20 Å². The maximum absolute atomic E-state index is 12.4. The second-order valence-electron chi connectivity index (χ2n) is 7.12. The smallest absolute Gasteiger partial charge is 0.410 e. The Labute approximate surface area is 148 Å². The topological polar surface area (TPSA) is 76.6 Å². The Morgan fingerprint density at radius 3 is 2.71 bits per heavy atom. The van der Waals surface area contributed by atoms with Crippen LogP contribution in [0.5, 0.6) is 0 Å². The number of hydrogen-bond acceptors (Lipinski definition) is 5. The van der Waals surface area contributed by atoms with Crippen LogP contribution >= 0.6 is 11.6 Å². The van der Waals surface area contributed by atoms with Crippen LogP contribution in [-0.4, -0.2) is 48.8 Å². The van der Waals surface area contributed by atoms with Gasteiger partial charge in [0.25, 0.3) is 0 Å². The summed E-state index contributed by atoms with van der Waals surface area (Å²) < 4.78 is 30.0.